The van der Waals surface area contributed by atoms with Gasteiger partial charge in [0.05, 0.1) is 18.4 Å². The first-order valence-corrected chi connectivity index (χ1v) is 8.34. The Kier molecular flexibility index (Phi) is 5.80. The molecule has 3 rings (SSSR count). The second-order valence-corrected chi connectivity index (χ2v) is 5.84. The molecule has 4 N–H and O–H groups in total. The number of nitrogens with zero attached hydrogens (tertiary/aromatic N) is 2. The van der Waals surface area contributed by atoms with Crippen LogP contribution >= 0.6 is 0 Å². The van der Waals surface area contributed by atoms with Crippen LogP contribution in [0.5, 0.6) is 5.75 Å². The van der Waals surface area contributed by atoms with Gasteiger partial charge < -0.3 is 20.7 Å². The van der Waals surface area contributed by atoms with Crippen LogP contribution in [-0.4, -0.2) is 48.2 Å². The number of methoxy groups -OCH3 is 1. The fourth-order valence-electron chi connectivity index (χ4n) is 2.38. The van der Waals surface area contributed by atoms with Crippen LogP contribution in [0.3, 0.4) is 0 Å². The lowest BCUT2D eigenvalue weighted by Gasteiger charge is -2.16. The van der Waals surface area contributed by atoms with Gasteiger partial charge in [0.25, 0.3) is 0 Å². The largest absolute Gasteiger partial charge is 0.496 e. The quantitative estimate of drug-likeness (QED) is 0.704. The van der Waals surface area contributed by atoms with E-state index in [2.05, 4.69) is 14.4 Å². The Bertz CT molecular complexity index is 629. The maximum absolute atomic E-state index is 11.1. The van der Waals surface area contributed by atoms with Crippen molar-refractivity contribution in [2.45, 2.75) is 12.8 Å². The van der Waals surface area contributed by atoms with Crippen molar-refractivity contribution in [2.75, 3.05) is 32.0 Å². The Morgan fingerprint density at radius 1 is 1.43 bits per heavy atom. The summed E-state index contributed by atoms with van der Waals surface area (Å²) < 4.78 is 22.6. The minimum atomic E-state index is -1.48. The molecule has 0 spiro atoms. The molecule has 2 amide bonds. The Labute approximate surface area is 137 Å². The average molecular weight is 339 g/mol. The zero-order valence-electron chi connectivity index (χ0n) is 13.2. The predicted octanol–water partition coefficient (Wildman–Crippen LogP) is 0.826. The molecule has 1 saturated heterocycles. The highest BCUT2D eigenvalue weighted by molar-refractivity contribution is 7.85. The maximum atomic E-state index is 11.1. The van der Waals surface area contributed by atoms with Gasteiger partial charge in [-0.05, 0) is 25.0 Å². The molecule has 0 radical (unpaired) electrons. The molecule has 1 fully saturated rings. The molecule has 2 aliphatic rings. The summed E-state index contributed by atoms with van der Waals surface area (Å²) in [6, 6.07) is 5.40. The monoisotopic (exact) mass is 339 g/mol. The van der Waals surface area contributed by atoms with Crippen LogP contribution in [0.1, 0.15) is 18.4 Å². The number of amides is 2. The molecule has 23 heavy (non-hydrogen) atoms. The minimum Gasteiger partial charge on any atom is -0.496 e. The summed E-state index contributed by atoms with van der Waals surface area (Å²) in [5.41, 5.74) is 6.99. The molecule has 0 bridgehead atoms. The first kappa shape index (κ1) is 17.1. The highest BCUT2D eigenvalue weighted by Crippen LogP contribution is 2.28. The molecule has 0 aliphatic carbocycles. The van der Waals surface area contributed by atoms with E-state index in [0.717, 1.165) is 25.9 Å². The van der Waals surface area contributed by atoms with E-state index in [1.165, 1.54) is 0 Å². The zero-order chi connectivity index (χ0) is 16.8. The molecular formula is C14H21N5O3S. The third kappa shape index (κ3) is 4.13. The number of rotatable bonds is 1. The second-order valence-electron chi connectivity index (χ2n) is 4.96. The SMILES string of the molecule is CNC(=O)N1CCCC1.COc1cccc2c1C(N)=NS(=O)N2. The number of nitrogens with two attached hydrogens (primary N) is 1. The van der Waals surface area contributed by atoms with Gasteiger partial charge in [-0.25, -0.2) is 9.00 Å². The van der Waals surface area contributed by atoms with Gasteiger partial charge in [0.2, 0.25) is 11.2 Å². The molecule has 0 saturated carbocycles. The molecule has 126 valence electrons. The van der Waals surface area contributed by atoms with Crippen LogP contribution in [0, 0.1) is 0 Å². The van der Waals surface area contributed by atoms with Crippen LogP contribution in [0.25, 0.3) is 0 Å². The molecule has 1 atom stereocenters. The van der Waals surface area contributed by atoms with E-state index in [0.29, 0.717) is 17.0 Å². The van der Waals surface area contributed by atoms with Crippen molar-refractivity contribution in [3.63, 3.8) is 0 Å². The van der Waals surface area contributed by atoms with Crippen molar-refractivity contribution in [2.24, 2.45) is 10.1 Å². The number of hydrogen-bond acceptors (Lipinski definition) is 4. The van der Waals surface area contributed by atoms with Crippen molar-refractivity contribution >= 4 is 28.7 Å². The van der Waals surface area contributed by atoms with E-state index < -0.39 is 11.2 Å². The molecule has 1 aromatic rings. The molecule has 9 heteroatoms. The molecule has 8 nitrogen and oxygen atoms in total. The molecule has 1 aromatic carbocycles. The van der Waals surface area contributed by atoms with Gasteiger partial charge in [0, 0.05) is 20.1 Å². The topological polar surface area (TPSA) is 109 Å². The normalized spacial score (nSPS) is 18.8. The summed E-state index contributed by atoms with van der Waals surface area (Å²) in [5.74, 6) is 0.850. The van der Waals surface area contributed by atoms with Gasteiger partial charge >= 0.3 is 6.03 Å². The van der Waals surface area contributed by atoms with Crippen LogP contribution in [0.2, 0.25) is 0 Å². The summed E-state index contributed by atoms with van der Waals surface area (Å²) in [7, 11) is 3.22. The van der Waals surface area contributed by atoms with Gasteiger partial charge in [0.15, 0.2) is 0 Å². The lowest BCUT2D eigenvalue weighted by atomic mass is 10.1. The highest BCUT2D eigenvalue weighted by Gasteiger charge is 2.19. The Morgan fingerprint density at radius 2 is 2.13 bits per heavy atom. The molecule has 2 aliphatic heterocycles. The highest BCUT2D eigenvalue weighted by atomic mass is 32.2. The molecule has 0 aromatic heterocycles. The van der Waals surface area contributed by atoms with Gasteiger partial charge in [-0.15, -0.1) is 0 Å². The Balaban J connectivity index is 0.000000185. The van der Waals surface area contributed by atoms with Crippen LogP contribution in [0.4, 0.5) is 10.5 Å². The fraction of sp³-hybridized carbons (Fsp3) is 0.429. The van der Waals surface area contributed by atoms with Gasteiger partial charge in [-0.2, -0.15) is 4.40 Å². The standard InChI is InChI=1S/C8H9N3O2S.C6H12N2O/c1-13-6-4-2-3-5-7(6)8(9)11-14(12)10-5;1-7-6(9)8-4-2-3-5-8/h2-4,10H,1H3,(H2,9,11);2-5H2,1H3,(H,7,9). The number of likely N-dealkylation sites (tertiary alicyclic amines) is 1. The summed E-state index contributed by atoms with van der Waals surface area (Å²) in [4.78, 5) is 12.7. The number of carbonyl (C=O) groups is 1. The number of fused-ring (bicyclic) bond motifs is 1. The Hall–Kier alpha value is -2.29. The molecule has 1 unspecified atom stereocenters. The molecular weight excluding hydrogens is 318 g/mol. The van der Waals surface area contributed by atoms with Crippen molar-refractivity contribution in [1.29, 1.82) is 0 Å². The van der Waals surface area contributed by atoms with Crippen molar-refractivity contribution < 1.29 is 13.7 Å². The van der Waals surface area contributed by atoms with E-state index in [-0.39, 0.29) is 11.9 Å². The lowest BCUT2D eigenvalue weighted by molar-refractivity contribution is 0.211. The van der Waals surface area contributed by atoms with Crippen LogP contribution < -0.4 is 20.5 Å². The van der Waals surface area contributed by atoms with E-state index in [9.17, 15) is 9.00 Å². The zero-order valence-corrected chi connectivity index (χ0v) is 14.0. The first-order valence-electron chi connectivity index (χ1n) is 7.23. The number of urea groups is 1. The van der Waals surface area contributed by atoms with E-state index >= 15 is 0 Å². The van der Waals surface area contributed by atoms with E-state index in [1.807, 2.05) is 4.90 Å². The summed E-state index contributed by atoms with van der Waals surface area (Å²) in [6.45, 7) is 1.86. The number of benzene rings is 1. The van der Waals surface area contributed by atoms with Crippen LogP contribution in [0.15, 0.2) is 22.6 Å². The second kappa shape index (κ2) is 7.82. The van der Waals surface area contributed by atoms with E-state index in [4.69, 9.17) is 10.5 Å². The summed E-state index contributed by atoms with van der Waals surface area (Å²) in [5, 5.41) is 2.59. The fourth-order valence-corrected chi connectivity index (χ4v) is 3.05. The molecule has 2 heterocycles. The number of hydrogen-bond donors (Lipinski definition) is 3. The van der Waals surface area contributed by atoms with Crippen molar-refractivity contribution in [1.82, 2.24) is 10.2 Å². The number of amidine groups is 1. The minimum absolute atomic E-state index is 0.0625. The maximum Gasteiger partial charge on any atom is 0.317 e. The number of carbonyl (C=O) groups excluding carboxylic acids is 1. The summed E-state index contributed by atoms with van der Waals surface area (Å²) >= 11 is -1.48. The first-order chi connectivity index (χ1) is 11.1. The Morgan fingerprint density at radius 3 is 2.74 bits per heavy atom. The number of nitrogens with one attached hydrogen (secondary N) is 2. The lowest BCUT2D eigenvalue weighted by Crippen LogP contribution is -2.35. The third-order valence-electron chi connectivity index (χ3n) is 3.49. The summed E-state index contributed by atoms with van der Waals surface area (Å²) in [6.07, 6.45) is 2.32. The third-order valence-corrected chi connectivity index (χ3v) is 4.25. The predicted molar refractivity (Wildman–Crippen MR) is 90.7 cm³/mol. The van der Waals surface area contributed by atoms with Crippen molar-refractivity contribution in [3.8, 4) is 5.75 Å². The van der Waals surface area contributed by atoms with Crippen molar-refractivity contribution in [3.05, 3.63) is 23.8 Å². The van der Waals surface area contributed by atoms with Gasteiger partial charge in [-0.1, -0.05) is 6.07 Å². The van der Waals surface area contributed by atoms with Gasteiger partial charge in [0.1, 0.15) is 11.6 Å². The van der Waals surface area contributed by atoms with E-state index in [1.54, 1.807) is 32.4 Å². The average Bonchev–Trinajstić information content (AvgIpc) is 3.08. The van der Waals surface area contributed by atoms with Gasteiger partial charge in [-0.3, -0.25) is 4.72 Å². The van der Waals surface area contributed by atoms with Crippen LogP contribution in [-0.2, 0) is 11.2 Å². The number of anilines is 1. The number of ether oxygens (including phenoxy) is 1. The smallest absolute Gasteiger partial charge is 0.317 e.